The summed E-state index contributed by atoms with van der Waals surface area (Å²) in [5.41, 5.74) is 2.50. The van der Waals surface area contributed by atoms with Crippen molar-refractivity contribution in [1.82, 2.24) is 0 Å². The first-order chi connectivity index (χ1) is 10.9. The Labute approximate surface area is 134 Å². The van der Waals surface area contributed by atoms with Gasteiger partial charge in [-0.25, -0.2) is 8.42 Å². The van der Waals surface area contributed by atoms with Crippen LogP contribution >= 0.6 is 0 Å². The molecule has 2 aromatic rings. The highest BCUT2D eigenvalue weighted by atomic mass is 32.2. The normalized spacial score (nSPS) is 13.7. The number of ether oxygens (including phenoxy) is 1. The number of benzene rings is 2. The molecule has 0 bridgehead atoms. The van der Waals surface area contributed by atoms with Crippen molar-refractivity contribution in [3.63, 3.8) is 0 Å². The van der Waals surface area contributed by atoms with Gasteiger partial charge in [-0.05, 0) is 36.2 Å². The van der Waals surface area contributed by atoms with Crippen LogP contribution in [-0.2, 0) is 20.6 Å². The number of sulfonamides is 1. The number of carbonyl (C=O) groups is 1. The molecule has 0 unspecified atom stereocenters. The third-order valence-electron chi connectivity index (χ3n) is 3.49. The largest absolute Gasteiger partial charge is 0.482 e. The molecule has 2 N–H and O–H groups in total. The highest BCUT2D eigenvalue weighted by molar-refractivity contribution is 7.91. The minimum absolute atomic E-state index is 0.0364. The quantitative estimate of drug-likeness (QED) is 0.899. The molecule has 0 radical (unpaired) electrons. The molecule has 2 aromatic carbocycles. The minimum Gasteiger partial charge on any atom is -0.482 e. The summed E-state index contributed by atoms with van der Waals surface area (Å²) >= 11 is 0. The molecule has 120 valence electrons. The predicted octanol–water partition coefficient (Wildman–Crippen LogP) is 2.27. The lowest BCUT2D eigenvalue weighted by molar-refractivity contribution is -0.118. The molecule has 7 heteroatoms. The molecular weight excluding hydrogens is 316 g/mol. The molecule has 1 aliphatic heterocycles. The molecule has 0 fully saturated rings. The summed E-state index contributed by atoms with van der Waals surface area (Å²) < 4.78 is 32.4. The molecule has 23 heavy (non-hydrogen) atoms. The van der Waals surface area contributed by atoms with Gasteiger partial charge in [-0.15, -0.1) is 0 Å². The van der Waals surface area contributed by atoms with E-state index < -0.39 is 10.0 Å². The molecule has 0 aliphatic carbocycles. The van der Waals surface area contributed by atoms with E-state index in [1.165, 1.54) is 0 Å². The van der Waals surface area contributed by atoms with Crippen LogP contribution < -0.4 is 14.8 Å². The van der Waals surface area contributed by atoms with Gasteiger partial charge in [0.1, 0.15) is 5.75 Å². The van der Waals surface area contributed by atoms with Crippen molar-refractivity contribution < 1.29 is 17.9 Å². The maximum atomic E-state index is 12.3. The lowest BCUT2D eigenvalue weighted by Gasteiger charge is -2.19. The summed E-state index contributed by atoms with van der Waals surface area (Å²) in [5.74, 6) is 0.142. The monoisotopic (exact) mass is 332 g/mol. The Morgan fingerprint density at radius 1 is 1.22 bits per heavy atom. The zero-order valence-corrected chi connectivity index (χ0v) is 13.3. The van der Waals surface area contributed by atoms with Crippen molar-refractivity contribution >= 4 is 27.3 Å². The zero-order valence-electron chi connectivity index (χ0n) is 12.5. The van der Waals surface area contributed by atoms with Crippen molar-refractivity contribution in [3.05, 3.63) is 53.6 Å². The third-order valence-corrected chi connectivity index (χ3v) is 4.73. The van der Waals surface area contributed by atoms with E-state index in [4.69, 9.17) is 4.74 Å². The van der Waals surface area contributed by atoms with E-state index in [1.807, 2.05) is 25.1 Å². The minimum atomic E-state index is -3.55. The number of carbonyl (C=O) groups excluding carboxylic acids is 1. The summed E-state index contributed by atoms with van der Waals surface area (Å²) in [7, 11) is -3.55. The number of anilines is 2. The van der Waals surface area contributed by atoms with E-state index in [1.54, 1.807) is 24.3 Å². The topological polar surface area (TPSA) is 84.5 Å². The fourth-order valence-corrected chi connectivity index (χ4v) is 3.63. The fourth-order valence-electron chi connectivity index (χ4n) is 2.34. The average Bonchev–Trinajstić information content (AvgIpc) is 2.48. The molecule has 3 rings (SSSR count). The SMILES string of the molecule is Cc1ccccc1CS(=O)(=O)Nc1ccc2c(c1)NC(=O)CO2. The van der Waals surface area contributed by atoms with Gasteiger partial charge < -0.3 is 10.1 Å². The number of fused-ring (bicyclic) bond motifs is 1. The highest BCUT2D eigenvalue weighted by Gasteiger charge is 2.18. The van der Waals surface area contributed by atoms with E-state index in [9.17, 15) is 13.2 Å². The van der Waals surface area contributed by atoms with Gasteiger partial charge in [0.25, 0.3) is 5.91 Å². The van der Waals surface area contributed by atoms with E-state index >= 15 is 0 Å². The van der Waals surface area contributed by atoms with E-state index in [0.717, 1.165) is 11.1 Å². The van der Waals surface area contributed by atoms with Gasteiger partial charge in [0, 0.05) is 0 Å². The van der Waals surface area contributed by atoms with Crippen molar-refractivity contribution in [1.29, 1.82) is 0 Å². The van der Waals surface area contributed by atoms with Gasteiger partial charge in [-0.3, -0.25) is 9.52 Å². The Balaban J connectivity index is 1.80. The number of hydrogen-bond donors (Lipinski definition) is 2. The van der Waals surface area contributed by atoms with Crippen LogP contribution in [0, 0.1) is 6.92 Å². The summed E-state index contributed by atoms with van der Waals surface area (Å²) in [4.78, 5) is 11.3. The molecular formula is C16H16N2O4S. The summed E-state index contributed by atoms with van der Waals surface area (Å²) in [6.07, 6.45) is 0. The van der Waals surface area contributed by atoms with Crippen LogP contribution in [0.15, 0.2) is 42.5 Å². The molecule has 1 heterocycles. The zero-order chi connectivity index (χ0) is 16.4. The lowest BCUT2D eigenvalue weighted by atomic mass is 10.1. The van der Waals surface area contributed by atoms with Crippen LogP contribution in [-0.4, -0.2) is 20.9 Å². The second kappa shape index (κ2) is 5.92. The van der Waals surface area contributed by atoms with E-state index in [-0.39, 0.29) is 18.3 Å². The van der Waals surface area contributed by atoms with Crippen LogP contribution in [0.1, 0.15) is 11.1 Å². The summed E-state index contributed by atoms with van der Waals surface area (Å²) in [6, 6.07) is 12.1. The third kappa shape index (κ3) is 3.62. The number of aryl methyl sites for hydroxylation is 1. The Bertz CT molecular complexity index is 862. The Morgan fingerprint density at radius 3 is 2.78 bits per heavy atom. The van der Waals surface area contributed by atoms with Crippen LogP contribution in [0.2, 0.25) is 0 Å². The molecule has 0 spiro atoms. The molecule has 1 aliphatic rings. The maximum absolute atomic E-state index is 12.3. The first-order valence-corrected chi connectivity index (χ1v) is 8.70. The van der Waals surface area contributed by atoms with Crippen LogP contribution in [0.4, 0.5) is 11.4 Å². The van der Waals surface area contributed by atoms with Crippen molar-refractivity contribution in [3.8, 4) is 5.75 Å². The molecule has 0 saturated heterocycles. The van der Waals surface area contributed by atoms with Crippen LogP contribution in [0.5, 0.6) is 5.75 Å². The Hall–Kier alpha value is -2.54. The summed E-state index contributed by atoms with van der Waals surface area (Å²) in [5, 5.41) is 2.65. The first kappa shape index (κ1) is 15.4. The number of amides is 1. The van der Waals surface area contributed by atoms with Crippen LogP contribution in [0.3, 0.4) is 0 Å². The van der Waals surface area contributed by atoms with E-state index in [0.29, 0.717) is 17.1 Å². The van der Waals surface area contributed by atoms with Gasteiger partial charge in [-0.2, -0.15) is 0 Å². The number of nitrogens with one attached hydrogen (secondary N) is 2. The molecule has 0 aromatic heterocycles. The first-order valence-electron chi connectivity index (χ1n) is 7.05. The van der Waals surface area contributed by atoms with E-state index in [2.05, 4.69) is 10.0 Å². The molecule has 0 saturated carbocycles. The van der Waals surface area contributed by atoms with Crippen LogP contribution in [0.25, 0.3) is 0 Å². The average molecular weight is 332 g/mol. The van der Waals surface area contributed by atoms with Gasteiger partial charge >= 0.3 is 0 Å². The Kier molecular flexibility index (Phi) is 3.96. The fraction of sp³-hybridized carbons (Fsp3) is 0.188. The van der Waals surface area contributed by atoms with Crippen molar-refractivity contribution in [2.75, 3.05) is 16.6 Å². The van der Waals surface area contributed by atoms with Gasteiger partial charge in [0.2, 0.25) is 10.0 Å². The highest BCUT2D eigenvalue weighted by Crippen LogP contribution is 2.31. The molecule has 1 amide bonds. The number of hydrogen-bond acceptors (Lipinski definition) is 4. The van der Waals surface area contributed by atoms with Crippen molar-refractivity contribution in [2.24, 2.45) is 0 Å². The smallest absolute Gasteiger partial charge is 0.262 e. The number of rotatable bonds is 4. The molecule has 6 nitrogen and oxygen atoms in total. The second-order valence-corrected chi connectivity index (χ2v) is 7.06. The van der Waals surface area contributed by atoms with Gasteiger partial charge in [0.05, 0.1) is 17.1 Å². The maximum Gasteiger partial charge on any atom is 0.262 e. The van der Waals surface area contributed by atoms with Gasteiger partial charge in [0.15, 0.2) is 6.61 Å². The second-order valence-electron chi connectivity index (χ2n) is 5.34. The van der Waals surface area contributed by atoms with Crippen molar-refractivity contribution in [2.45, 2.75) is 12.7 Å². The summed E-state index contributed by atoms with van der Waals surface area (Å²) in [6.45, 7) is 1.84. The Morgan fingerprint density at radius 2 is 2.00 bits per heavy atom. The van der Waals surface area contributed by atoms with Gasteiger partial charge in [-0.1, -0.05) is 24.3 Å². The molecule has 0 atom stereocenters. The predicted molar refractivity (Wildman–Crippen MR) is 88.0 cm³/mol. The standard InChI is InChI=1S/C16H16N2O4S/c1-11-4-2-3-5-12(11)10-23(20,21)18-13-6-7-15-14(8-13)17-16(19)9-22-15/h2-8,18H,9-10H2,1H3,(H,17,19). The lowest BCUT2D eigenvalue weighted by Crippen LogP contribution is -2.25.